The Bertz CT molecular complexity index is 2470. The molecule has 15 heteroatoms. The fourth-order valence-corrected chi connectivity index (χ4v) is 10.2. The summed E-state index contributed by atoms with van der Waals surface area (Å²) in [6, 6.07) is 10.5. The van der Waals surface area contributed by atoms with Crippen molar-refractivity contribution < 1.29 is 28.7 Å². The van der Waals surface area contributed by atoms with Gasteiger partial charge in [0.25, 0.3) is 17.4 Å². The summed E-state index contributed by atoms with van der Waals surface area (Å²) in [5.41, 5.74) is 4.54. The fourth-order valence-electron chi connectivity index (χ4n) is 10.2. The van der Waals surface area contributed by atoms with Crippen LogP contribution < -0.4 is 30.1 Å². The van der Waals surface area contributed by atoms with Crippen LogP contribution in [-0.2, 0) is 23.2 Å². The third-order valence-electron chi connectivity index (χ3n) is 13.8. The number of pyridine rings is 2. The summed E-state index contributed by atoms with van der Waals surface area (Å²) in [6.07, 6.45) is 8.30. The van der Waals surface area contributed by atoms with Crippen LogP contribution in [0.1, 0.15) is 64.8 Å². The van der Waals surface area contributed by atoms with Gasteiger partial charge in [-0.3, -0.25) is 39.1 Å². The number of piperidine rings is 3. The van der Waals surface area contributed by atoms with E-state index in [4.69, 9.17) is 9.47 Å². The number of hydrogen-bond donors (Lipinski definition) is 1. The van der Waals surface area contributed by atoms with Crippen LogP contribution in [0.2, 0.25) is 0 Å². The molecular formula is C46H54N8O7. The van der Waals surface area contributed by atoms with Gasteiger partial charge in [0.1, 0.15) is 23.4 Å². The average Bonchev–Trinajstić information content (AvgIpc) is 3.49. The predicted octanol–water partition coefficient (Wildman–Crippen LogP) is 3.90. The normalized spacial score (nSPS) is 20.9. The second-order valence-electron chi connectivity index (χ2n) is 17.9. The van der Waals surface area contributed by atoms with Gasteiger partial charge in [0.05, 0.1) is 36.3 Å². The summed E-state index contributed by atoms with van der Waals surface area (Å²) in [4.78, 5) is 78.6. The van der Waals surface area contributed by atoms with Crippen molar-refractivity contribution in [3.8, 4) is 22.6 Å². The molecule has 4 aromatic rings. The summed E-state index contributed by atoms with van der Waals surface area (Å²) in [5.74, 6) is 1.00. The van der Waals surface area contributed by atoms with Crippen LogP contribution >= 0.6 is 0 Å². The number of fused-ring (bicyclic) bond motifs is 2. The lowest BCUT2D eigenvalue weighted by Gasteiger charge is -2.55. The Morgan fingerprint density at radius 2 is 1.51 bits per heavy atom. The van der Waals surface area contributed by atoms with Gasteiger partial charge in [-0.1, -0.05) is 0 Å². The third-order valence-corrected chi connectivity index (χ3v) is 13.8. The van der Waals surface area contributed by atoms with Crippen molar-refractivity contribution in [2.45, 2.75) is 51.1 Å². The number of rotatable bonds is 10. The number of nitrogens with one attached hydrogen (secondary N) is 1. The maximum absolute atomic E-state index is 13.4. The van der Waals surface area contributed by atoms with Crippen LogP contribution in [-0.4, -0.2) is 128 Å². The Hall–Kier alpha value is -5.80. The number of carbonyl (C=O) groups is 4. The van der Waals surface area contributed by atoms with Gasteiger partial charge in [0.2, 0.25) is 11.8 Å². The molecule has 5 aliphatic heterocycles. The van der Waals surface area contributed by atoms with E-state index in [2.05, 4.69) is 37.1 Å². The van der Waals surface area contributed by atoms with Crippen molar-refractivity contribution in [1.82, 2.24) is 29.6 Å². The molecule has 0 aliphatic carbocycles. The zero-order chi connectivity index (χ0) is 42.7. The number of aromatic nitrogens is 2. The topological polar surface area (TPSA) is 150 Å². The lowest BCUT2D eigenvalue weighted by molar-refractivity contribution is -0.136. The average molecular weight is 831 g/mol. The number of amides is 4. The molecule has 61 heavy (non-hydrogen) atoms. The molecule has 2 aromatic carbocycles. The van der Waals surface area contributed by atoms with Gasteiger partial charge in [-0.15, -0.1) is 0 Å². The van der Waals surface area contributed by atoms with E-state index >= 15 is 0 Å². The summed E-state index contributed by atoms with van der Waals surface area (Å²) >= 11 is 0. The molecule has 1 unspecified atom stereocenters. The second-order valence-corrected chi connectivity index (χ2v) is 17.9. The van der Waals surface area contributed by atoms with Crippen LogP contribution in [0.4, 0.5) is 11.5 Å². The minimum atomic E-state index is -0.963. The smallest absolute Gasteiger partial charge is 0.262 e. The van der Waals surface area contributed by atoms with Gasteiger partial charge in [0.15, 0.2) is 0 Å². The first-order valence-corrected chi connectivity index (χ1v) is 21.3. The molecule has 4 amide bonds. The van der Waals surface area contributed by atoms with Gasteiger partial charge in [-0.05, 0) is 106 Å². The molecule has 4 saturated heterocycles. The lowest BCUT2D eigenvalue weighted by atomic mass is 9.71. The van der Waals surface area contributed by atoms with Crippen molar-refractivity contribution in [2.24, 2.45) is 18.4 Å². The van der Waals surface area contributed by atoms with E-state index in [1.54, 1.807) is 44.2 Å². The maximum atomic E-state index is 13.4. The van der Waals surface area contributed by atoms with Gasteiger partial charge in [-0.25, -0.2) is 4.98 Å². The summed E-state index contributed by atoms with van der Waals surface area (Å²) in [6.45, 7) is 7.81. The van der Waals surface area contributed by atoms with Crippen molar-refractivity contribution in [2.75, 3.05) is 83.9 Å². The fraction of sp³-hybridized carbons (Fsp3) is 0.478. The number of methoxy groups -OCH3 is 2. The molecule has 0 saturated carbocycles. The number of imide groups is 2. The molecule has 7 heterocycles. The quantitative estimate of drug-likeness (QED) is 0.231. The van der Waals surface area contributed by atoms with Crippen LogP contribution in [0.5, 0.6) is 11.5 Å². The first kappa shape index (κ1) is 40.6. The number of ether oxygens (including phenoxy) is 2. The number of likely N-dealkylation sites (tertiary alicyclic amines) is 2. The molecule has 1 spiro atoms. The Morgan fingerprint density at radius 1 is 0.820 bits per heavy atom. The SMILES string of the molecule is COc1cc(-c2cn(C)c(=O)c3cnc(N(C)C)cc23)cc(OC)c1CN1CCC(CN2CCC3(CC2)CN(c2ccc4c(c2)C(=O)N(C2CCC(=O)NC2=O)C4=O)C3)CC1. The molecule has 5 aliphatic rings. The highest BCUT2D eigenvalue weighted by molar-refractivity contribution is 6.23. The molecule has 4 fully saturated rings. The summed E-state index contributed by atoms with van der Waals surface area (Å²) in [7, 11) is 9.03. The van der Waals surface area contributed by atoms with Crippen molar-refractivity contribution in [3.63, 3.8) is 0 Å². The monoisotopic (exact) mass is 830 g/mol. The first-order chi connectivity index (χ1) is 29.3. The Balaban J connectivity index is 0.782. The highest BCUT2D eigenvalue weighted by Crippen LogP contribution is 2.44. The molecule has 2 aromatic heterocycles. The lowest BCUT2D eigenvalue weighted by Crippen LogP contribution is -2.60. The zero-order valence-corrected chi connectivity index (χ0v) is 35.7. The molecule has 15 nitrogen and oxygen atoms in total. The minimum Gasteiger partial charge on any atom is -0.496 e. The number of nitrogens with zero attached hydrogens (tertiary/aromatic N) is 7. The molecule has 320 valence electrons. The van der Waals surface area contributed by atoms with Crippen LogP contribution in [0.15, 0.2) is 53.6 Å². The Labute approximate surface area is 355 Å². The maximum Gasteiger partial charge on any atom is 0.262 e. The highest BCUT2D eigenvalue weighted by Gasteiger charge is 2.47. The first-order valence-electron chi connectivity index (χ1n) is 21.3. The summed E-state index contributed by atoms with van der Waals surface area (Å²) in [5, 5.41) is 3.65. The van der Waals surface area contributed by atoms with Crippen molar-refractivity contribution in [1.29, 1.82) is 0 Å². The summed E-state index contributed by atoms with van der Waals surface area (Å²) < 4.78 is 13.6. The standard InChI is InChI=1S/C46H54N8O7/c1-49(2)40-21-32-34(22-47-40)43(57)50(3)24-35(32)29-18-38(60-4)36(39(19-29)61-5)25-51-14-10-28(11-15-51)23-52-16-12-46(13-17-52)26-53(27-46)30-6-7-31-33(20-30)45(59)54(44(31)58)37-8-9-41(55)48-42(37)56/h6-7,18-22,24,28,37H,8-17,23,25-27H2,1-5H3,(H,48,55,56). The van der Waals surface area contributed by atoms with Crippen LogP contribution in [0.25, 0.3) is 21.9 Å². The van der Waals surface area contributed by atoms with Crippen LogP contribution in [0, 0.1) is 11.3 Å². The van der Waals surface area contributed by atoms with E-state index in [1.165, 1.54) is 0 Å². The van der Waals surface area contributed by atoms with Crippen LogP contribution in [0.3, 0.4) is 0 Å². The van der Waals surface area contributed by atoms with Gasteiger partial charge in [0, 0.05) is 88.2 Å². The van der Waals surface area contributed by atoms with Gasteiger partial charge >= 0.3 is 0 Å². The van der Waals surface area contributed by atoms with E-state index in [9.17, 15) is 24.0 Å². The predicted molar refractivity (Wildman–Crippen MR) is 231 cm³/mol. The molecule has 1 atom stereocenters. The zero-order valence-electron chi connectivity index (χ0n) is 35.7. The number of benzene rings is 2. The van der Waals surface area contributed by atoms with Gasteiger partial charge in [-0.2, -0.15) is 0 Å². The largest absolute Gasteiger partial charge is 0.496 e. The molecule has 0 bridgehead atoms. The molecule has 9 rings (SSSR count). The van der Waals surface area contributed by atoms with Gasteiger partial charge < -0.3 is 28.7 Å². The number of carbonyl (C=O) groups excluding carboxylic acids is 4. The number of hydrogen-bond acceptors (Lipinski definition) is 12. The number of aryl methyl sites for hydroxylation is 1. The highest BCUT2D eigenvalue weighted by atomic mass is 16.5. The van der Waals surface area contributed by atoms with E-state index in [0.717, 1.165) is 128 Å². The number of anilines is 2. The van der Waals surface area contributed by atoms with Crippen molar-refractivity contribution in [3.05, 3.63) is 75.8 Å². The van der Waals surface area contributed by atoms with E-state index in [1.807, 2.05) is 37.3 Å². The molecular weight excluding hydrogens is 777 g/mol. The Kier molecular flexibility index (Phi) is 10.6. The Morgan fingerprint density at radius 3 is 2.16 bits per heavy atom. The molecule has 1 N–H and O–H groups in total. The van der Waals surface area contributed by atoms with Crippen molar-refractivity contribution >= 4 is 45.9 Å². The van der Waals surface area contributed by atoms with E-state index < -0.39 is 23.8 Å². The second kappa shape index (κ2) is 15.9. The van der Waals surface area contributed by atoms with E-state index in [-0.39, 0.29) is 29.7 Å². The van der Waals surface area contributed by atoms with E-state index in [0.29, 0.717) is 22.4 Å². The minimum absolute atomic E-state index is 0.0950. The molecule has 0 radical (unpaired) electrons. The third kappa shape index (κ3) is 7.41.